The number of nitriles is 1. The van der Waals surface area contributed by atoms with Crippen LogP contribution in [0.1, 0.15) is 39.8 Å². The number of halogens is 3. The van der Waals surface area contributed by atoms with Crippen LogP contribution in [0.2, 0.25) is 0 Å². The first kappa shape index (κ1) is 23.1. The number of ether oxygens (including phenoxy) is 2. The van der Waals surface area contributed by atoms with Gasteiger partial charge < -0.3 is 14.4 Å². The third-order valence-corrected chi connectivity index (χ3v) is 5.49. The van der Waals surface area contributed by atoms with Crippen LogP contribution >= 0.6 is 0 Å². The van der Waals surface area contributed by atoms with Crippen LogP contribution < -0.4 is 9.47 Å². The average molecular weight is 471 g/mol. The summed E-state index contributed by atoms with van der Waals surface area (Å²) in [6, 6.07) is 7.97. The van der Waals surface area contributed by atoms with Crippen molar-refractivity contribution in [2.45, 2.75) is 39.2 Å². The molecule has 3 heterocycles. The summed E-state index contributed by atoms with van der Waals surface area (Å²) in [6.45, 7) is 3.03. The third kappa shape index (κ3) is 4.14. The number of methoxy groups -OCH3 is 1. The molecule has 0 radical (unpaired) electrons. The Morgan fingerprint density at radius 1 is 1.26 bits per heavy atom. The van der Waals surface area contributed by atoms with E-state index in [1.165, 1.54) is 24.1 Å². The number of fused-ring (bicyclic) bond motifs is 1. The van der Waals surface area contributed by atoms with Crippen LogP contribution in [0.3, 0.4) is 0 Å². The zero-order valence-electron chi connectivity index (χ0n) is 18.6. The molecular weight excluding hydrogens is 451 g/mol. The lowest BCUT2D eigenvalue weighted by Crippen LogP contribution is -2.33. The molecule has 2 aromatic heterocycles. The number of hydrogen-bond acceptors (Lipinski definition) is 6. The second-order valence-corrected chi connectivity index (χ2v) is 7.78. The molecule has 11 heteroatoms. The summed E-state index contributed by atoms with van der Waals surface area (Å²) in [5, 5.41) is 13.8. The molecule has 8 nitrogen and oxygen atoms in total. The van der Waals surface area contributed by atoms with E-state index in [1.807, 2.05) is 19.1 Å². The van der Waals surface area contributed by atoms with Gasteiger partial charge in [-0.3, -0.25) is 9.78 Å². The van der Waals surface area contributed by atoms with Crippen LogP contribution in [0.15, 0.2) is 36.7 Å². The van der Waals surface area contributed by atoms with Crippen molar-refractivity contribution in [1.29, 1.82) is 5.26 Å². The maximum Gasteiger partial charge on any atom is 0.425 e. The standard InChI is InChI=1S/C23H20F3N5O3/c1-13-8-17(6-7-28-13)31-18-12-30(11-16(18)10-29-31)22(32)20-19(34-14(2)23(24,25)26)5-4-15(9-27)21(20)33-3/h4-8,10,14H,11-12H2,1-3H3/t14-/m0/s1. The highest BCUT2D eigenvalue weighted by molar-refractivity contribution is 6.00. The Labute approximate surface area is 193 Å². The largest absolute Gasteiger partial charge is 0.494 e. The Hall–Kier alpha value is -4.07. The van der Waals surface area contributed by atoms with Gasteiger partial charge >= 0.3 is 6.18 Å². The number of alkyl halides is 3. The van der Waals surface area contributed by atoms with Gasteiger partial charge in [-0.1, -0.05) is 0 Å². The number of rotatable bonds is 5. The predicted molar refractivity (Wildman–Crippen MR) is 114 cm³/mol. The lowest BCUT2D eigenvalue weighted by atomic mass is 10.1. The van der Waals surface area contributed by atoms with Crippen molar-refractivity contribution in [1.82, 2.24) is 19.7 Å². The fourth-order valence-electron chi connectivity index (χ4n) is 3.76. The highest BCUT2D eigenvalue weighted by Gasteiger charge is 2.40. The van der Waals surface area contributed by atoms with Gasteiger partial charge in [0.05, 0.1) is 36.8 Å². The number of nitrogens with zero attached hydrogens (tertiary/aromatic N) is 5. The molecule has 1 aliphatic heterocycles. The summed E-state index contributed by atoms with van der Waals surface area (Å²) in [4.78, 5) is 19.2. The van der Waals surface area contributed by atoms with Gasteiger partial charge in [-0.15, -0.1) is 0 Å². The highest BCUT2D eigenvalue weighted by atomic mass is 19.4. The van der Waals surface area contributed by atoms with Gasteiger partial charge in [0.25, 0.3) is 5.91 Å². The second kappa shape index (κ2) is 8.70. The molecule has 0 bridgehead atoms. The van der Waals surface area contributed by atoms with Crippen molar-refractivity contribution in [3.8, 4) is 23.3 Å². The third-order valence-electron chi connectivity index (χ3n) is 5.49. The molecule has 4 rings (SSSR count). The molecule has 1 aromatic carbocycles. The minimum atomic E-state index is -4.64. The van der Waals surface area contributed by atoms with Crippen LogP contribution in [0.25, 0.3) is 5.69 Å². The fourth-order valence-corrected chi connectivity index (χ4v) is 3.76. The van der Waals surface area contributed by atoms with E-state index in [0.29, 0.717) is 0 Å². The number of aryl methyl sites for hydroxylation is 1. The van der Waals surface area contributed by atoms with E-state index in [1.54, 1.807) is 23.1 Å². The Bertz CT molecular complexity index is 1300. The summed E-state index contributed by atoms with van der Waals surface area (Å²) in [5.74, 6) is -1.07. The van der Waals surface area contributed by atoms with Crippen molar-refractivity contribution in [3.05, 3.63) is 64.7 Å². The molecule has 1 aliphatic rings. The number of carbonyl (C=O) groups excluding carboxylic acids is 1. The van der Waals surface area contributed by atoms with Gasteiger partial charge in [-0.2, -0.15) is 23.5 Å². The van der Waals surface area contributed by atoms with Gasteiger partial charge in [0.2, 0.25) is 0 Å². The molecule has 0 saturated carbocycles. The molecule has 1 amide bonds. The van der Waals surface area contributed by atoms with E-state index < -0.39 is 18.2 Å². The van der Waals surface area contributed by atoms with E-state index in [4.69, 9.17) is 9.47 Å². The molecule has 34 heavy (non-hydrogen) atoms. The van der Waals surface area contributed by atoms with E-state index in [2.05, 4.69) is 10.1 Å². The predicted octanol–water partition coefficient (Wildman–Crippen LogP) is 3.94. The number of pyridine rings is 1. The summed E-state index contributed by atoms with van der Waals surface area (Å²) < 4.78 is 51.5. The highest BCUT2D eigenvalue weighted by Crippen LogP contribution is 2.37. The molecule has 3 aromatic rings. The van der Waals surface area contributed by atoms with Crippen molar-refractivity contribution in [3.63, 3.8) is 0 Å². The zero-order valence-corrected chi connectivity index (χ0v) is 18.6. The molecular formula is C23H20F3N5O3. The van der Waals surface area contributed by atoms with Crippen LogP contribution in [0.4, 0.5) is 13.2 Å². The molecule has 0 saturated heterocycles. The maximum absolute atomic E-state index is 13.6. The molecule has 0 N–H and O–H groups in total. The van der Waals surface area contributed by atoms with E-state index in [9.17, 15) is 23.2 Å². The van der Waals surface area contributed by atoms with E-state index in [-0.39, 0.29) is 35.7 Å². The Morgan fingerprint density at radius 2 is 2.03 bits per heavy atom. The minimum Gasteiger partial charge on any atom is -0.494 e. The first-order valence-corrected chi connectivity index (χ1v) is 10.3. The molecule has 0 spiro atoms. The van der Waals surface area contributed by atoms with Gasteiger partial charge in [0.1, 0.15) is 17.4 Å². The number of benzene rings is 1. The fraction of sp³-hybridized carbons (Fsp3) is 0.304. The van der Waals surface area contributed by atoms with Crippen LogP contribution in [0, 0.1) is 18.3 Å². The van der Waals surface area contributed by atoms with E-state index in [0.717, 1.165) is 29.6 Å². The summed E-state index contributed by atoms with van der Waals surface area (Å²) in [7, 11) is 1.24. The first-order valence-electron chi connectivity index (χ1n) is 10.3. The number of carbonyl (C=O) groups is 1. The monoisotopic (exact) mass is 471 g/mol. The quantitative estimate of drug-likeness (QED) is 0.560. The smallest absolute Gasteiger partial charge is 0.425 e. The molecule has 0 fully saturated rings. The van der Waals surface area contributed by atoms with Crippen LogP contribution in [0.5, 0.6) is 11.5 Å². The second-order valence-electron chi connectivity index (χ2n) is 7.78. The van der Waals surface area contributed by atoms with Gasteiger partial charge in [-0.05, 0) is 38.1 Å². The SMILES string of the molecule is COc1c(C#N)ccc(O[C@@H](C)C(F)(F)F)c1C(=O)N1Cc2cnn(-c3ccnc(C)c3)c2C1. The average Bonchev–Trinajstić information content (AvgIpc) is 3.38. The topological polar surface area (TPSA) is 93.3 Å². The summed E-state index contributed by atoms with van der Waals surface area (Å²) in [5.41, 5.74) is 2.90. The molecule has 0 unspecified atom stereocenters. The van der Waals surface area contributed by atoms with Crippen LogP contribution in [-0.4, -0.2) is 45.0 Å². The lowest BCUT2D eigenvalue weighted by Gasteiger charge is -2.23. The van der Waals surface area contributed by atoms with Crippen molar-refractivity contribution >= 4 is 5.91 Å². The van der Waals surface area contributed by atoms with Gasteiger partial charge in [0, 0.05) is 24.0 Å². The van der Waals surface area contributed by atoms with E-state index >= 15 is 0 Å². The zero-order chi connectivity index (χ0) is 24.6. The summed E-state index contributed by atoms with van der Waals surface area (Å²) in [6.07, 6.45) is -3.52. The number of hydrogen-bond donors (Lipinski definition) is 0. The molecule has 0 aliphatic carbocycles. The maximum atomic E-state index is 13.6. The number of amides is 1. The summed E-state index contributed by atoms with van der Waals surface area (Å²) >= 11 is 0. The van der Waals surface area contributed by atoms with Crippen molar-refractivity contribution in [2.75, 3.05) is 7.11 Å². The Balaban J connectivity index is 1.70. The van der Waals surface area contributed by atoms with Gasteiger partial charge in [-0.25, -0.2) is 4.68 Å². The minimum absolute atomic E-state index is 0.00742. The Morgan fingerprint density at radius 3 is 2.68 bits per heavy atom. The van der Waals surface area contributed by atoms with Crippen molar-refractivity contribution < 1.29 is 27.4 Å². The molecule has 176 valence electrons. The normalized spacial score (nSPS) is 13.9. The Kier molecular flexibility index (Phi) is 5.91. The number of aromatic nitrogens is 3. The first-order chi connectivity index (χ1) is 16.1. The van der Waals surface area contributed by atoms with Gasteiger partial charge in [0.15, 0.2) is 11.9 Å². The van der Waals surface area contributed by atoms with Crippen molar-refractivity contribution in [2.24, 2.45) is 0 Å². The van der Waals surface area contributed by atoms with Crippen LogP contribution in [-0.2, 0) is 13.1 Å². The molecule has 1 atom stereocenters. The lowest BCUT2D eigenvalue weighted by molar-refractivity contribution is -0.189.